The molecular formula is C28H35N7O4. The number of nitrogen functional groups attached to an aromatic ring is 1. The van der Waals surface area contributed by atoms with Crippen LogP contribution in [0.3, 0.4) is 0 Å². The van der Waals surface area contributed by atoms with Gasteiger partial charge in [0.2, 0.25) is 5.91 Å². The maximum Gasteiger partial charge on any atom is 0.294 e. The van der Waals surface area contributed by atoms with E-state index >= 15 is 0 Å². The third kappa shape index (κ3) is 7.67. The monoisotopic (exact) mass is 533 g/mol. The molecule has 206 valence electrons. The van der Waals surface area contributed by atoms with Crippen molar-refractivity contribution in [3.63, 3.8) is 0 Å². The van der Waals surface area contributed by atoms with Gasteiger partial charge in [-0.2, -0.15) is 0 Å². The largest absolute Gasteiger partial charge is 0.411 e. The smallest absolute Gasteiger partial charge is 0.294 e. The van der Waals surface area contributed by atoms with Crippen molar-refractivity contribution in [1.82, 2.24) is 20.2 Å². The van der Waals surface area contributed by atoms with Gasteiger partial charge in [-0.15, -0.1) is 0 Å². The molecule has 2 aromatic carbocycles. The van der Waals surface area contributed by atoms with E-state index in [9.17, 15) is 14.4 Å². The molecule has 0 saturated heterocycles. The summed E-state index contributed by atoms with van der Waals surface area (Å²) in [7, 11) is 0. The van der Waals surface area contributed by atoms with E-state index in [4.69, 9.17) is 10.9 Å². The summed E-state index contributed by atoms with van der Waals surface area (Å²) in [5, 5.41) is 20.8. The van der Waals surface area contributed by atoms with E-state index in [1.54, 1.807) is 37.3 Å². The van der Waals surface area contributed by atoms with Crippen molar-refractivity contribution in [2.75, 3.05) is 11.1 Å². The van der Waals surface area contributed by atoms with Gasteiger partial charge >= 0.3 is 0 Å². The van der Waals surface area contributed by atoms with Gasteiger partial charge in [0.15, 0.2) is 5.82 Å². The topological polar surface area (TPSA) is 164 Å². The van der Waals surface area contributed by atoms with Crippen LogP contribution in [-0.4, -0.2) is 44.4 Å². The van der Waals surface area contributed by atoms with E-state index in [0.29, 0.717) is 28.2 Å². The molecule has 2 amide bonds. The molecule has 0 unspecified atom stereocenters. The second-order valence-corrected chi connectivity index (χ2v) is 9.81. The Morgan fingerprint density at radius 2 is 1.74 bits per heavy atom. The number of hydrogen-bond acceptors (Lipinski definition) is 8. The average molecular weight is 534 g/mol. The standard InChI is InChI=1S/C28H35N7O4/c1-16(2)32-26-28(38)35(15-25(36)30-13-19-6-8-20(9-7-19)18(5)34-39)24(14-31-26)21-10-22(12-23(29)11-21)27(37)33-17(3)4/h6-12,14,16-17,39H,13,15,29H2,1-5H3,(H,30,36)(H,31,32)(H,33,37)/b34-18+. The van der Waals surface area contributed by atoms with Crippen LogP contribution < -0.4 is 27.2 Å². The summed E-state index contributed by atoms with van der Waals surface area (Å²) < 4.78 is 1.32. The maximum absolute atomic E-state index is 13.4. The Labute approximate surface area is 227 Å². The van der Waals surface area contributed by atoms with Crippen LogP contribution in [0.5, 0.6) is 0 Å². The normalized spacial score (nSPS) is 11.5. The van der Waals surface area contributed by atoms with Crippen molar-refractivity contribution >= 4 is 29.0 Å². The van der Waals surface area contributed by atoms with Crippen molar-refractivity contribution in [1.29, 1.82) is 0 Å². The Morgan fingerprint density at radius 3 is 2.36 bits per heavy atom. The van der Waals surface area contributed by atoms with Crippen molar-refractivity contribution in [3.8, 4) is 11.3 Å². The lowest BCUT2D eigenvalue weighted by molar-refractivity contribution is -0.121. The number of carbonyl (C=O) groups excluding carboxylic acids is 2. The van der Waals surface area contributed by atoms with Crippen LogP contribution in [0.25, 0.3) is 11.3 Å². The van der Waals surface area contributed by atoms with Crippen LogP contribution in [0.1, 0.15) is 56.1 Å². The van der Waals surface area contributed by atoms with Gasteiger partial charge in [0.05, 0.1) is 17.6 Å². The first-order valence-corrected chi connectivity index (χ1v) is 12.6. The molecule has 11 heteroatoms. The number of anilines is 2. The van der Waals surface area contributed by atoms with Crippen molar-refractivity contribution in [2.24, 2.45) is 5.16 Å². The van der Waals surface area contributed by atoms with Crippen LogP contribution >= 0.6 is 0 Å². The zero-order chi connectivity index (χ0) is 28.7. The highest BCUT2D eigenvalue weighted by Gasteiger charge is 2.18. The summed E-state index contributed by atoms with van der Waals surface area (Å²) in [6.45, 7) is 9.10. The maximum atomic E-state index is 13.4. The number of oxime groups is 1. The third-order valence-electron chi connectivity index (χ3n) is 5.73. The van der Waals surface area contributed by atoms with Gasteiger partial charge in [-0.25, -0.2) is 4.98 Å². The highest BCUT2D eigenvalue weighted by Crippen LogP contribution is 2.23. The van der Waals surface area contributed by atoms with E-state index in [1.165, 1.54) is 10.8 Å². The molecule has 3 aromatic rings. The molecule has 0 bridgehead atoms. The summed E-state index contributed by atoms with van der Waals surface area (Å²) in [4.78, 5) is 43.3. The van der Waals surface area contributed by atoms with E-state index in [2.05, 4.69) is 26.1 Å². The van der Waals surface area contributed by atoms with E-state index < -0.39 is 5.56 Å². The zero-order valence-corrected chi connectivity index (χ0v) is 22.8. The van der Waals surface area contributed by atoms with Crippen LogP contribution in [0.2, 0.25) is 0 Å². The summed E-state index contributed by atoms with van der Waals surface area (Å²) >= 11 is 0. The van der Waals surface area contributed by atoms with Gasteiger partial charge < -0.3 is 26.9 Å². The Hall–Kier alpha value is -4.67. The summed E-state index contributed by atoms with van der Waals surface area (Å²) in [6.07, 6.45) is 1.49. The molecule has 0 atom stereocenters. The number of aromatic nitrogens is 2. The molecule has 39 heavy (non-hydrogen) atoms. The lowest BCUT2D eigenvalue weighted by atomic mass is 10.1. The third-order valence-corrected chi connectivity index (χ3v) is 5.73. The Kier molecular flexibility index (Phi) is 9.43. The molecule has 11 nitrogen and oxygen atoms in total. The molecule has 1 aromatic heterocycles. The molecule has 0 fully saturated rings. The van der Waals surface area contributed by atoms with Crippen molar-refractivity contribution < 1.29 is 14.8 Å². The SMILES string of the molecule is C/C(=N\O)c1ccc(CNC(=O)Cn2c(-c3cc(N)cc(C(=O)NC(C)C)c3)cnc(NC(C)C)c2=O)cc1. The number of amides is 2. The van der Waals surface area contributed by atoms with Gasteiger partial charge in [0, 0.05) is 35.4 Å². The van der Waals surface area contributed by atoms with Gasteiger partial charge in [0.1, 0.15) is 6.54 Å². The minimum Gasteiger partial charge on any atom is -0.411 e. The molecule has 0 saturated carbocycles. The van der Waals surface area contributed by atoms with Gasteiger partial charge in [-0.3, -0.25) is 19.0 Å². The minimum absolute atomic E-state index is 0.0560. The number of nitrogens with one attached hydrogen (secondary N) is 3. The fourth-order valence-electron chi connectivity index (χ4n) is 3.85. The highest BCUT2D eigenvalue weighted by atomic mass is 16.4. The van der Waals surface area contributed by atoms with Crippen LogP contribution in [-0.2, 0) is 17.9 Å². The molecule has 3 rings (SSSR count). The number of nitrogens with zero attached hydrogens (tertiary/aromatic N) is 3. The first-order chi connectivity index (χ1) is 18.5. The van der Waals surface area contributed by atoms with E-state index in [1.807, 2.05) is 39.8 Å². The van der Waals surface area contributed by atoms with Gasteiger partial charge in [0.25, 0.3) is 11.5 Å². The number of nitrogens with two attached hydrogens (primary N) is 1. The van der Waals surface area contributed by atoms with Crippen LogP contribution in [0.4, 0.5) is 11.5 Å². The van der Waals surface area contributed by atoms with Crippen molar-refractivity contribution in [3.05, 3.63) is 75.7 Å². The quantitative estimate of drug-likeness (QED) is 0.116. The summed E-state index contributed by atoms with van der Waals surface area (Å²) in [5.74, 6) is -0.582. The van der Waals surface area contributed by atoms with E-state index in [0.717, 1.165) is 11.1 Å². The Balaban J connectivity index is 1.92. The van der Waals surface area contributed by atoms with E-state index in [-0.39, 0.29) is 42.8 Å². The van der Waals surface area contributed by atoms with Gasteiger partial charge in [-0.05, 0) is 63.9 Å². The average Bonchev–Trinajstić information content (AvgIpc) is 2.88. The highest BCUT2D eigenvalue weighted by molar-refractivity contribution is 5.98. The lowest BCUT2D eigenvalue weighted by Gasteiger charge is -2.17. The molecule has 0 aliphatic carbocycles. The zero-order valence-electron chi connectivity index (χ0n) is 22.8. The summed E-state index contributed by atoms with van der Waals surface area (Å²) in [6, 6.07) is 11.9. The molecule has 0 aliphatic rings. The Morgan fingerprint density at radius 1 is 1.05 bits per heavy atom. The lowest BCUT2D eigenvalue weighted by Crippen LogP contribution is -2.35. The number of benzene rings is 2. The molecule has 6 N–H and O–H groups in total. The second kappa shape index (κ2) is 12.7. The second-order valence-electron chi connectivity index (χ2n) is 9.81. The minimum atomic E-state index is -0.477. The number of rotatable bonds is 10. The number of hydrogen-bond donors (Lipinski definition) is 5. The summed E-state index contributed by atoms with van der Waals surface area (Å²) in [5.41, 5.74) is 9.18. The predicted octanol–water partition coefficient (Wildman–Crippen LogP) is 2.97. The Bertz CT molecular complexity index is 1430. The van der Waals surface area contributed by atoms with Crippen LogP contribution in [0, 0.1) is 0 Å². The van der Waals surface area contributed by atoms with Crippen molar-refractivity contribution in [2.45, 2.75) is 59.8 Å². The van der Waals surface area contributed by atoms with Gasteiger partial charge in [-0.1, -0.05) is 29.4 Å². The van der Waals surface area contributed by atoms with Crippen LogP contribution in [0.15, 0.2) is 58.6 Å². The predicted molar refractivity (Wildman–Crippen MR) is 152 cm³/mol. The number of carbonyl (C=O) groups is 2. The first-order valence-electron chi connectivity index (χ1n) is 12.6. The molecular weight excluding hydrogens is 498 g/mol. The fourth-order valence-corrected chi connectivity index (χ4v) is 3.85. The fraction of sp³-hybridized carbons (Fsp3) is 0.321. The first kappa shape index (κ1) is 28.9. The molecule has 1 heterocycles. The molecule has 0 aliphatic heterocycles. The molecule has 0 spiro atoms. The molecule has 0 radical (unpaired) electrons.